The Balaban J connectivity index is 1.58. The first-order valence-corrected chi connectivity index (χ1v) is 12.9. The molecule has 2 N–H and O–H groups in total. The Hall–Kier alpha value is -4.74. The number of Topliss-reactive ketones (excluding diaryl/α,β-unsaturated/α-hetero) is 1. The molecule has 214 valence electrons. The average Bonchev–Trinajstić information content (AvgIpc) is 3.44. The van der Waals surface area contributed by atoms with Gasteiger partial charge in [0, 0.05) is 24.2 Å². The largest absolute Gasteiger partial charge is 0.417 e. The van der Waals surface area contributed by atoms with Crippen LogP contribution in [-0.2, 0) is 16.8 Å². The first-order valence-electron chi connectivity index (χ1n) is 12.9. The maximum absolute atomic E-state index is 14.5. The second kappa shape index (κ2) is 11.8. The number of carbonyl (C=O) groups excluding carboxylic acids is 2. The van der Waals surface area contributed by atoms with Crippen molar-refractivity contribution in [1.29, 1.82) is 0 Å². The molecule has 4 rings (SSSR count). The van der Waals surface area contributed by atoms with Gasteiger partial charge in [0.05, 0.1) is 17.7 Å². The van der Waals surface area contributed by atoms with Crippen LogP contribution in [-0.4, -0.2) is 44.5 Å². The van der Waals surface area contributed by atoms with Gasteiger partial charge in [-0.1, -0.05) is 50.2 Å². The molecule has 10 nitrogen and oxygen atoms in total. The molecule has 0 saturated carbocycles. The van der Waals surface area contributed by atoms with Crippen molar-refractivity contribution in [3.05, 3.63) is 94.1 Å². The second-order valence-corrected chi connectivity index (χ2v) is 10.3. The van der Waals surface area contributed by atoms with Crippen LogP contribution in [0.1, 0.15) is 49.8 Å². The van der Waals surface area contributed by atoms with Gasteiger partial charge in [-0.3, -0.25) is 19.0 Å². The molecular formula is C29H30F2N6O4. The summed E-state index contributed by atoms with van der Waals surface area (Å²) in [5, 5.41) is 13.2. The van der Waals surface area contributed by atoms with Gasteiger partial charge in [0.1, 0.15) is 29.7 Å². The maximum atomic E-state index is 14.5. The van der Waals surface area contributed by atoms with E-state index in [1.807, 2.05) is 6.07 Å². The van der Waals surface area contributed by atoms with E-state index in [1.54, 1.807) is 59.0 Å². The van der Waals surface area contributed by atoms with E-state index in [4.69, 9.17) is 4.42 Å². The third-order valence-corrected chi connectivity index (χ3v) is 6.69. The molecule has 0 bridgehead atoms. The average molecular weight is 565 g/mol. The van der Waals surface area contributed by atoms with Crippen molar-refractivity contribution in [2.75, 3.05) is 12.4 Å². The van der Waals surface area contributed by atoms with Crippen molar-refractivity contribution >= 4 is 17.4 Å². The Morgan fingerprint density at radius 2 is 1.78 bits per heavy atom. The third kappa shape index (κ3) is 6.06. The van der Waals surface area contributed by atoms with E-state index < -0.39 is 52.8 Å². The lowest BCUT2D eigenvalue weighted by Crippen LogP contribution is -2.46. The first-order chi connectivity index (χ1) is 19.4. The van der Waals surface area contributed by atoms with Crippen LogP contribution in [0, 0.1) is 17.6 Å². The van der Waals surface area contributed by atoms with E-state index in [9.17, 15) is 23.2 Å². The van der Waals surface area contributed by atoms with E-state index in [0.29, 0.717) is 5.56 Å². The molecule has 41 heavy (non-hydrogen) atoms. The monoisotopic (exact) mass is 564 g/mol. The summed E-state index contributed by atoms with van der Waals surface area (Å²) in [6.45, 7) is 6.24. The van der Waals surface area contributed by atoms with Crippen molar-refractivity contribution in [3.8, 4) is 11.4 Å². The minimum Gasteiger partial charge on any atom is -0.417 e. The number of amides is 1. The Labute approximate surface area is 234 Å². The highest BCUT2D eigenvalue weighted by Gasteiger charge is 2.35. The lowest BCUT2D eigenvalue weighted by atomic mass is 9.84. The van der Waals surface area contributed by atoms with Gasteiger partial charge in [0.2, 0.25) is 17.6 Å². The van der Waals surface area contributed by atoms with Crippen LogP contribution in [0.3, 0.4) is 0 Å². The summed E-state index contributed by atoms with van der Waals surface area (Å²) >= 11 is 0. The minimum absolute atomic E-state index is 0.0609. The molecule has 0 fully saturated rings. The molecule has 2 aromatic carbocycles. The predicted molar refractivity (Wildman–Crippen MR) is 147 cm³/mol. The molecule has 0 aliphatic rings. The molecule has 0 unspecified atom stereocenters. The number of nitrogens with one attached hydrogen (secondary N) is 2. The number of halogens is 2. The van der Waals surface area contributed by atoms with Crippen LogP contribution >= 0.6 is 0 Å². The highest BCUT2D eigenvalue weighted by Crippen LogP contribution is 2.32. The summed E-state index contributed by atoms with van der Waals surface area (Å²) in [5.74, 6) is -3.34. The third-order valence-electron chi connectivity index (χ3n) is 6.69. The molecule has 0 saturated heterocycles. The number of nitrogens with zero attached hydrogens (tertiary/aromatic N) is 4. The summed E-state index contributed by atoms with van der Waals surface area (Å²) in [5.41, 5.74) is -0.698. The highest BCUT2D eigenvalue weighted by atomic mass is 19.1. The quantitative estimate of drug-likeness (QED) is 0.277. The van der Waals surface area contributed by atoms with Crippen molar-refractivity contribution < 1.29 is 22.8 Å². The number of hydrogen-bond donors (Lipinski definition) is 2. The Morgan fingerprint density at radius 1 is 1.07 bits per heavy atom. The SMILES string of the molecule is CNc1cnc(-c2ccccc2)n(CC(=O)N[C@H](C(=O)c2nnc(C(C)(C)c3ccc(F)cc3F)o2)C(C)C)c1=O. The molecule has 0 aliphatic carbocycles. The molecule has 1 amide bonds. The lowest BCUT2D eigenvalue weighted by Gasteiger charge is -2.22. The molecule has 2 aromatic heterocycles. The highest BCUT2D eigenvalue weighted by molar-refractivity contribution is 5.98. The maximum Gasteiger partial charge on any atom is 0.286 e. The van der Waals surface area contributed by atoms with Crippen molar-refractivity contribution in [3.63, 3.8) is 0 Å². The van der Waals surface area contributed by atoms with Crippen molar-refractivity contribution in [1.82, 2.24) is 25.1 Å². The standard InChI is InChI=1S/C29H30F2N6O4/c1-16(2)23(24(39)26-35-36-28(41-26)29(3,4)19-12-11-18(30)13-20(19)31)34-22(38)15-37-25(17-9-7-6-8-10-17)33-14-21(32-5)27(37)40/h6-14,16,23,32H,15H2,1-5H3,(H,34,38)/t23-/m0/s1. The smallest absolute Gasteiger partial charge is 0.286 e. The molecule has 2 heterocycles. The first kappa shape index (κ1) is 29.2. The van der Waals surface area contributed by atoms with E-state index in [1.165, 1.54) is 16.8 Å². The van der Waals surface area contributed by atoms with Crippen LogP contribution in [0.25, 0.3) is 11.4 Å². The number of anilines is 1. The Morgan fingerprint density at radius 3 is 2.41 bits per heavy atom. The van der Waals surface area contributed by atoms with Gasteiger partial charge in [0.15, 0.2) is 0 Å². The van der Waals surface area contributed by atoms with Crippen LogP contribution in [0.2, 0.25) is 0 Å². The van der Waals surface area contributed by atoms with Gasteiger partial charge in [-0.25, -0.2) is 13.8 Å². The minimum atomic E-state index is -1.18. The lowest BCUT2D eigenvalue weighted by molar-refractivity contribution is -0.122. The molecule has 1 atom stereocenters. The zero-order valence-electron chi connectivity index (χ0n) is 23.2. The van der Waals surface area contributed by atoms with Crippen LogP contribution in [0.4, 0.5) is 14.5 Å². The number of aromatic nitrogens is 4. The summed E-state index contributed by atoms with van der Waals surface area (Å²) in [6.07, 6.45) is 1.39. The number of hydrogen-bond acceptors (Lipinski definition) is 8. The molecule has 0 spiro atoms. The zero-order chi connectivity index (χ0) is 29.9. The van der Waals surface area contributed by atoms with Gasteiger partial charge in [-0.05, 0) is 25.8 Å². The number of ketones is 1. The van der Waals surface area contributed by atoms with Gasteiger partial charge in [0.25, 0.3) is 11.4 Å². The van der Waals surface area contributed by atoms with Crippen LogP contribution in [0.5, 0.6) is 0 Å². The summed E-state index contributed by atoms with van der Waals surface area (Å²) in [6, 6.07) is 11.0. The van der Waals surface area contributed by atoms with Gasteiger partial charge in [-0.15, -0.1) is 10.2 Å². The molecule has 0 radical (unpaired) electrons. The predicted octanol–water partition coefficient (Wildman–Crippen LogP) is 3.96. The number of carbonyl (C=O) groups is 2. The van der Waals surface area contributed by atoms with Crippen LogP contribution < -0.4 is 16.2 Å². The summed E-state index contributed by atoms with van der Waals surface area (Å²) < 4.78 is 34.8. The van der Waals surface area contributed by atoms with Crippen molar-refractivity contribution in [2.24, 2.45) is 5.92 Å². The molecule has 4 aromatic rings. The van der Waals surface area contributed by atoms with E-state index >= 15 is 0 Å². The molecule has 0 aliphatic heterocycles. The Bertz CT molecular complexity index is 1630. The molecule has 12 heteroatoms. The van der Waals surface area contributed by atoms with Crippen LogP contribution in [0.15, 0.2) is 63.9 Å². The second-order valence-electron chi connectivity index (χ2n) is 10.3. The molecular weight excluding hydrogens is 534 g/mol. The fourth-order valence-corrected chi connectivity index (χ4v) is 4.35. The fourth-order valence-electron chi connectivity index (χ4n) is 4.35. The van der Waals surface area contributed by atoms with E-state index in [2.05, 4.69) is 25.8 Å². The van der Waals surface area contributed by atoms with E-state index in [0.717, 1.165) is 12.1 Å². The van der Waals surface area contributed by atoms with Gasteiger partial charge in [-0.2, -0.15) is 0 Å². The number of rotatable bonds is 10. The number of benzene rings is 2. The normalized spacial score (nSPS) is 12.3. The summed E-state index contributed by atoms with van der Waals surface area (Å²) in [7, 11) is 1.57. The van der Waals surface area contributed by atoms with Crippen molar-refractivity contribution in [2.45, 2.75) is 45.7 Å². The van der Waals surface area contributed by atoms with Gasteiger partial charge >= 0.3 is 0 Å². The Kier molecular flexibility index (Phi) is 8.41. The zero-order valence-corrected chi connectivity index (χ0v) is 23.2. The topological polar surface area (TPSA) is 132 Å². The summed E-state index contributed by atoms with van der Waals surface area (Å²) in [4.78, 5) is 44.1. The van der Waals surface area contributed by atoms with Gasteiger partial charge < -0.3 is 15.1 Å². The van der Waals surface area contributed by atoms with E-state index in [-0.39, 0.29) is 28.9 Å². The fraction of sp³-hybridized carbons (Fsp3) is 0.310.